The molecule has 0 saturated heterocycles. The first-order chi connectivity index (χ1) is 8.81. The smallest absolute Gasteiger partial charge is 0.250 e. The summed E-state index contributed by atoms with van der Waals surface area (Å²) in [5.74, 6) is 0.433. The average Bonchev–Trinajstić information content (AvgIpc) is 2.84. The second-order valence-corrected chi connectivity index (χ2v) is 7.67. The predicted octanol–water partition coefficient (Wildman–Crippen LogP) is 1.50. The van der Waals surface area contributed by atoms with Crippen molar-refractivity contribution in [1.82, 2.24) is 14.5 Å². The van der Waals surface area contributed by atoms with Crippen molar-refractivity contribution in [1.29, 1.82) is 0 Å². The molecular formula is C10H13ClN4O2S2. The molecule has 0 bridgehead atoms. The van der Waals surface area contributed by atoms with Crippen LogP contribution in [-0.2, 0) is 23.6 Å². The average molecular weight is 321 g/mol. The molecule has 0 radical (unpaired) electrons. The van der Waals surface area contributed by atoms with Crippen LogP contribution in [0.4, 0.5) is 5.82 Å². The van der Waals surface area contributed by atoms with Gasteiger partial charge >= 0.3 is 0 Å². The van der Waals surface area contributed by atoms with Crippen LogP contribution in [0.5, 0.6) is 0 Å². The van der Waals surface area contributed by atoms with Crippen LogP contribution in [-0.4, -0.2) is 18.2 Å². The lowest BCUT2D eigenvalue weighted by atomic mass is 10.3. The van der Waals surface area contributed by atoms with Gasteiger partial charge in [-0.15, -0.1) is 11.3 Å². The molecule has 2 aromatic heterocycles. The van der Waals surface area contributed by atoms with Crippen molar-refractivity contribution in [2.24, 2.45) is 7.05 Å². The summed E-state index contributed by atoms with van der Waals surface area (Å²) in [6, 6.07) is 1.54. The molecule has 2 rings (SSSR count). The molecule has 19 heavy (non-hydrogen) atoms. The molecule has 0 amide bonds. The molecule has 6 nitrogen and oxygen atoms in total. The molecule has 2 heterocycles. The van der Waals surface area contributed by atoms with Crippen LogP contribution < -0.4 is 10.5 Å². The van der Waals surface area contributed by atoms with Gasteiger partial charge in [0.25, 0.3) is 0 Å². The van der Waals surface area contributed by atoms with Gasteiger partial charge in [-0.05, 0) is 18.6 Å². The number of aryl methyl sites for hydroxylation is 2. The fourth-order valence-electron chi connectivity index (χ4n) is 1.44. The van der Waals surface area contributed by atoms with Gasteiger partial charge < -0.3 is 5.73 Å². The molecule has 2 aromatic rings. The summed E-state index contributed by atoms with van der Waals surface area (Å²) in [4.78, 5) is 0. The topological polar surface area (TPSA) is 90.0 Å². The summed E-state index contributed by atoms with van der Waals surface area (Å²) in [5, 5.41) is 3.95. The fourth-order valence-corrected chi connectivity index (χ4v) is 4.20. The number of nitrogens with zero attached hydrogens (tertiary/aromatic N) is 2. The Labute approximate surface area is 120 Å². The van der Waals surface area contributed by atoms with Gasteiger partial charge in [-0.1, -0.05) is 11.6 Å². The summed E-state index contributed by atoms with van der Waals surface area (Å²) in [6.45, 7) is 1.85. The van der Waals surface area contributed by atoms with Crippen LogP contribution in [0.25, 0.3) is 0 Å². The van der Waals surface area contributed by atoms with Crippen LogP contribution in [0.15, 0.2) is 16.5 Å². The highest BCUT2D eigenvalue weighted by Gasteiger charge is 2.19. The van der Waals surface area contributed by atoms with Gasteiger partial charge in [0.1, 0.15) is 10.0 Å². The Hall–Kier alpha value is -1.09. The Morgan fingerprint density at radius 3 is 2.74 bits per heavy atom. The van der Waals surface area contributed by atoms with Crippen molar-refractivity contribution < 1.29 is 8.42 Å². The standard InChI is InChI=1S/C10H13ClN4O2S2/c1-6-3-8(18-9(6)11)19(16,17)14-5-7-4-13-15(2)10(7)12/h3-4,14H,5,12H2,1-2H3. The zero-order valence-corrected chi connectivity index (χ0v) is 12.7. The number of nitrogen functional groups attached to an aromatic ring is 1. The maximum atomic E-state index is 12.1. The molecule has 0 saturated carbocycles. The number of halogens is 1. The van der Waals surface area contributed by atoms with Crippen LogP contribution in [0.2, 0.25) is 4.34 Å². The zero-order valence-electron chi connectivity index (χ0n) is 10.3. The number of sulfonamides is 1. The van der Waals surface area contributed by atoms with Gasteiger partial charge in [0.2, 0.25) is 10.0 Å². The number of rotatable bonds is 4. The number of nitrogens with one attached hydrogen (secondary N) is 1. The summed E-state index contributed by atoms with van der Waals surface area (Å²) in [6.07, 6.45) is 1.53. The van der Waals surface area contributed by atoms with Gasteiger partial charge in [-0.25, -0.2) is 13.1 Å². The van der Waals surface area contributed by atoms with E-state index >= 15 is 0 Å². The minimum atomic E-state index is -3.58. The summed E-state index contributed by atoms with van der Waals surface area (Å²) >= 11 is 6.90. The van der Waals surface area contributed by atoms with Gasteiger partial charge in [-0.2, -0.15) is 5.10 Å². The van der Waals surface area contributed by atoms with E-state index in [0.717, 1.165) is 16.9 Å². The Morgan fingerprint density at radius 1 is 1.58 bits per heavy atom. The molecule has 0 aliphatic rings. The molecule has 0 aromatic carbocycles. The van der Waals surface area contributed by atoms with Gasteiger partial charge in [0, 0.05) is 19.2 Å². The Bertz CT molecular complexity index is 686. The molecule has 0 spiro atoms. The van der Waals surface area contributed by atoms with E-state index in [2.05, 4.69) is 9.82 Å². The molecule has 0 fully saturated rings. The van der Waals surface area contributed by atoms with Crippen molar-refractivity contribution in [3.63, 3.8) is 0 Å². The van der Waals surface area contributed by atoms with E-state index in [-0.39, 0.29) is 10.8 Å². The Morgan fingerprint density at radius 2 is 2.26 bits per heavy atom. The van der Waals surface area contributed by atoms with E-state index in [9.17, 15) is 8.42 Å². The largest absolute Gasteiger partial charge is 0.384 e. The van der Waals surface area contributed by atoms with Crippen molar-refractivity contribution in [3.8, 4) is 0 Å². The third-order valence-electron chi connectivity index (χ3n) is 2.62. The van der Waals surface area contributed by atoms with E-state index in [1.807, 2.05) is 0 Å². The van der Waals surface area contributed by atoms with Gasteiger partial charge in [0.15, 0.2) is 0 Å². The predicted molar refractivity (Wildman–Crippen MR) is 75.7 cm³/mol. The highest BCUT2D eigenvalue weighted by Crippen LogP contribution is 2.30. The first kappa shape index (κ1) is 14.3. The molecule has 0 unspecified atom stereocenters. The van der Waals surface area contributed by atoms with Crippen molar-refractivity contribution in [3.05, 3.63) is 27.7 Å². The lowest BCUT2D eigenvalue weighted by Gasteiger charge is -2.04. The van der Waals surface area contributed by atoms with Crippen molar-refractivity contribution >= 4 is 38.8 Å². The van der Waals surface area contributed by atoms with Crippen LogP contribution >= 0.6 is 22.9 Å². The van der Waals surface area contributed by atoms with E-state index in [1.54, 1.807) is 20.0 Å². The number of hydrogen-bond acceptors (Lipinski definition) is 5. The molecular weight excluding hydrogens is 308 g/mol. The Balaban J connectivity index is 2.16. The molecule has 0 aliphatic carbocycles. The fraction of sp³-hybridized carbons (Fsp3) is 0.300. The van der Waals surface area contributed by atoms with E-state index in [4.69, 9.17) is 17.3 Å². The molecule has 3 N–H and O–H groups in total. The molecule has 0 atom stereocenters. The van der Waals surface area contributed by atoms with Crippen LogP contribution in [0.1, 0.15) is 11.1 Å². The zero-order chi connectivity index (χ0) is 14.2. The monoisotopic (exact) mass is 320 g/mol. The molecule has 0 aliphatic heterocycles. The highest BCUT2D eigenvalue weighted by molar-refractivity contribution is 7.91. The summed E-state index contributed by atoms with van der Waals surface area (Å²) < 4.78 is 28.7. The van der Waals surface area contributed by atoms with Crippen molar-refractivity contribution in [2.75, 3.05) is 5.73 Å². The highest BCUT2D eigenvalue weighted by atomic mass is 35.5. The number of thiophene rings is 1. The van der Waals surface area contributed by atoms with Gasteiger partial charge in [-0.3, -0.25) is 4.68 Å². The number of nitrogens with two attached hydrogens (primary N) is 1. The maximum absolute atomic E-state index is 12.1. The van der Waals surface area contributed by atoms with E-state index in [0.29, 0.717) is 15.7 Å². The number of aromatic nitrogens is 2. The summed E-state index contributed by atoms with van der Waals surface area (Å²) in [5.41, 5.74) is 7.12. The first-order valence-electron chi connectivity index (χ1n) is 5.33. The molecule has 104 valence electrons. The Kier molecular flexibility index (Phi) is 3.86. The first-order valence-corrected chi connectivity index (χ1v) is 8.01. The lowest BCUT2D eigenvalue weighted by molar-refractivity contribution is 0.583. The number of anilines is 1. The van der Waals surface area contributed by atoms with Crippen molar-refractivity contribution in [2.45, 2.75) is 17.7 Å². The second-order valence-electron chi connectivity index (χ2n) is 4.03. The third kappa shape index (κ3) is 2.92. The second kappa shape index (κ2) is 5.12. The summed E-state index contributed by atoms with van der Waals surface area (Å²) in [7, 11) is -1.89. The normalized spacial score (nSPS) is 11.9. The van der Waals surface area contributed by atoms with E-state index in [1.165, 1.54) is 10.9 Å². The maximum Gasteiger partial charge on any atom is 0.250 e. The van der Waals surface area contributed by atoms with Crippen LogP contribution in [0, 0.1) is 6.92 Å². The molecule has 9 heteroatoms. The van der Waals surface area contributed by atoms with Gasteiger partial charge in [0.05, 0.1) is 10.5 Å². The third-order valence-corrected chi connectivity index (χ3v) is 6.05. The minimum absolute atomic E-state index is 0.0938. The van der Waals surface area contributed by atoms with Crippen LogP contribution in [0.3, 0.4) is 0 Å². The minimum Gasteiger partial charge on any atom is -0.384 e. The quantitative estimate of drug-likeness (QED) is 0.893. The SMILES string of the molecule is Cc1cc(S(=O)(=O)NCc2cnn(C)c2N)sc1Cl. The lowest BCUT2D eigenvalue weighted by Crippen LogP contribution is -2.22. The van der Waals surface area contributed by atoms with E-state index < -0.39 is 10.0 Å². The number of hydrogen-bond donors (Lipinski definition) is 2.